The molecule has 2 aliphatic heterocycles. The number of thiocarbonyl (C=S) groups is 1. The first kappa shape index (κ1) is 24.0. The lowest BCUT2D eigenvalue weighted by molar-refractivity contribution is -0.137. The molecule has 32 heavy (non-hydrogen) atoms. The lowest BCUT2D eigenvalue weighted by Gasteiger charge is -2.33. The van der Waals surface area contributed by atoms with Crippen molar-refractivity contribution < 1.29 is 19.4 Å². The molecular formula is C21H24N4O5S2. The number of pyridine rings is 1. The summed E-state index contributed by atoms with van der Waals surface area (Å²) in [5.41, 5.74) is 0.843. The van der Waals surface area contributed by atoms with Crippen LogP contribution in [0, 0.1) is 18.3 Å². The molecule has 2 fully saturated rings. The second kappa shape index (κ2) is 10.3. The number of carboxylic acids is 1. The van der Waals surface area contributed by atoms with E-state index in [1.807, 2.05) is 17.9 Å². The number of nitriles is 1. The summed E-state index contributed by atoms with van der Waals surface area (Å²) in [6.07, 6.45) is 1.94. The number of carboxylic acid groups (broad SMARTS) is 1. The Morgan fingerprint density at radius 2 is 2.03 bits per heavy atom. The first-order valence-corrected chi connectivity index (χ1v) is 11.5. The summed E-state index contributed by atoms with van der Waals surface area (Å²) in [5, 5.41) is 18.5. The van der Waals surface area contributed by atoms with Crippen molar-refractivity contribution in [2.75, 3.05) is 37.7 Å². The number of aromatic nitrogens is 1. The maximum absolute atomic E-state index is 13.0. The number of carbonyl (C=O) groups excluding carboxylic acids is 1. The molecule has 0 saturated carbocycles. The number of thioether (sulfide) groups is 1. The zero-order valence-electron chi connectivity index (χ0n) is 17.9. The molecule has 11 heteroatoms. The third-order valence-electron chi connectivity index (χ3n) is 5.39. The molecule has 2 saturated heterocycles. The largest absolute Gasteiger partial charge is 0.481 e. The summed E-state index contributed by atoms with van der Waals surface area (Å²) < 4.78 is 7.38. The van der Waals surface area contributed by atoms with Gasteiger partial charge in [-0.25, -0.2) is 0 Å². The van der Waals surface area contributed by atoms with Gasteiger partial charge in [-0.2, -0.15) is 5.26 Å². The molecule has 9 nitrogen and oxygen atoms in total. The predicted molar refractivity (Wildman–Crippen MR) is 126 cm³/mol. The van der Waals surface area contributed by atoms with Crippen LogP contribution in [0.2, 0.25) is 0 Å². The summed E-state index contributed by atoms with van der Waals surface area (Å²) in [6.45, 7) is 6.35. The van der Waals surface area contributed by atoms with Gasteiger partial charge in [0.25, 0.3) is 11.5 Å². The van der Waals surface area contributed by atoms with Gasteiger partial charge in [0.15, 0.2) is 0 Å². The maximum Gasteiger partial charge on any atom is 0.303 e. The highest BCUT2D eigenvalue weighted by Crippen LogP contribution is 2.36. The zero-order valence-corrected chi connectivity index (χ0v) is 19.6. The van der Waals surface area contributed by atoms with E-state index in [4.69, 9.17) is 22.1 Å². The minimum Gasteiger partial charge on any atom is -0.481 e. The third kappa shape index (κ3) is 4.72. The Hall–Kier alpha value is -2.68. The van der Waals surface area contributed by atoms with E-state index in [9.17, 15) is 19.6 Å². The highest BCUT2D eigenvalue weighted by molar-refractivity contribution is 8.26. The van der Waals surface area contributed by atoms with E-state index in [0.29, 0.717) is 65.4 Å². The lowest BCUT2D eigenvalue weighted by atomic mass is 10.0. The number of hydrogen-bond acceptors (Lipinski definition) is 8. The Morgan fingerprint density at radius 1 is 1.34 bits per heavy atom. The molecule has 2 aliphatic rings. The van der Waals surface area contributed by atoms with Crippen molar-refractivity contribution >= 4 is 52.1 Å². The molecule has 0 aliphatic carbocycles. The standard InChI is InChI=1S/C21H24N4O5S2/c1-3-24-18(23-7-9-30-10-8-23)14(13(2)15(12-22)19(24)28)11-16-20(29)25(21(31)32-16)6-4-5-17(26)27/h11H,3-10H2,1-2H3,(H,26,27)/b16-11+. The number of morpholine rings is 1. The molecule has 3 rings (SSSR count). The normalized spacial score (nSPS) is 17.8. The molecular weight excluding hydrogens is 452 g/mol. The van der Waals surface area contributed by atoms with Crippen molar-refractivity contribution in [2.45, 2.75) is 33.2 Å². The molecule has 3 heterocycles. The van der Waals surface area contributed by atoms with Crippen LogP contribution in [0.4, 0.5) is 5.82 Å². The predicted octanol–water partition coefficient (Wildman–Crippen LogP) is 1.95. The number of nitrogens with zero attached hydrogens (tertiary/aromatic N) is 4. The van der Waals surface area contributed by atoms with Gasteiger partial charge in [-0.1, -0.05) is 24.0 Å². The van der Waals surface area contributed by atoms with Crippen molar-refractivity contribution in [3.05, 3.63) is 31.9 Å². The minimum atomic E-state index is -0.928. The van der Waals surface area contributed by atoms with Crippen molar-refractivity contribution in [1.82, 2.24) is 9.47 Å². The van der Waals surface area contributed by atoms with Gasteiger partial charge in [0.05, 0.1) is 18.1 Å². The molecule has 0 bridgehead atoms. The van der Waals surface area contributed by atoms with Crippen LogP contribution in [0.1, 0.15) is 36.5 Å². The van der Waals surface area contributed by atoms with Crippen LogP contribution in [0.25, 0.3) is 6.08 Å². The molecule has 0 atom stereocenters. The van der Waals surface area contributed by atoms with Crippen LogP contribution >= 0.6 is 24.0 Å². The SMILES string of the molecule is CCn1c(N2CCOCC2)c(/C=C2/SC(=S)N(CCCC(=O)O)C2=O)c(C)c(C#N)c1=O. The number of aliphatic carboxylic acids is 1. The van der Waals surface area contributed by atoms with Crippen LogP contribution in [0.3, 0.4) is 0 Å². The van der Waals surface area contributed by atoms with Gasteiger partial charge in [-0.05, 0) is 31.9 Å². The molecule has 1 aromatic heterocycles. The number of ether oxygens (including phenoxy) is 1. The molecule has 1 aromatic rings. The molecule has 0 unspecified atom stereocenters. The Balaban J connectivity index is 2.08. The summed E-state index contributed by atoms with van der Waals surface area (Å²) >= 11 is 6.48. The van der Waals surface area contributed by atoms with Crippen LogP contribution in [-0.2, 0) is 20.9 Å². The van der Waals surface area contributed by atoms with Gasteiger partial charge in [0, 0.05) is 38.2 Å². The fourth-order valence-electron chi connectivity index (χ4n) is 3.77. The van der Waals surface area contributed by atoms with Gasteiger partial charge in [0.2, 0.25) is 0 Å². The average Bonchev–Trinajstić information content (AvgIpc) is 3.03. The van der Waals surface area contributed by atoms with Gasteiger partial charge in [-0.15, -0.1) is 0 Å². The number of amides is 1. The van der Waals surface area contributed by atoms with Crippen molar-refractivity contribution in [2.24, 2.45) is 0 Å². The summed E-state index contributed by atoms with van der Waals surface area (Å²) in [4.78, 5) is 40.6. The Morgan fingerprint density at radius 3 is 2.62 bits per heavy atom. The van der Waals surface area contributed by atoms with Crippen LogP contribution < -0.4 is 10.5 Å². The Kier molecular flexibility index (Phi) is 7.71. The third-order valence-corrected chi connectivity index (χ3v) is 6.77. The summed E-state index contributed by atoms with van der Waals surface area (Å²) in [7, 11) is 0. The maximum atomic E-state index is 13.0. The van der Waals surface area contributed by atoms with E-state index in [-0.39, 0.29) is 30.0 Å². The highest BCUT2D eigenvalue weighted by Gasteiger charge is 2.33. The van der Waals surface area contributed by atoms with Gasteiger partial charge >= 0.3 is 5.97 Å². The first-order valence-electron chi connectivity index (χ1n) is 10.3. The van der Waals surface area contributed by atoms with E-state index < -0.39 is 5.97 Å². The fourth-order valence-corrected chi connectivity index (χ4v) is 5.06. The van der Waals surface area contributed by atoms with E-state index >= 15 is 0 Å². The molecule has 0 spiro atoms. The van der Waals surface area contributed by atoms with E-state index in [1.54, 1.807) is 17.6 Å². The molecule has 1 N–H and O–H groups in total. The summed E-state index contributed by atoms with van der Waals surface area (Å²) in [6, 6.07) is 2.01. The van der Waals surface area contributed by atoms with E-state index in [2.05, 4.69) is 0 Å². The molecule has 1 amide bonds. The van der Waals surface area contributed by atoms with Gasteiger partial charge in [-0.3, -0.25) is 23.9 Å². The van der Waals surface area contributed by atoms with Gasteiger partial charge in [0.1, 0.15) is 21.8 Å². The van der Waals surface area contributed by atoms with Crippen molar-refractivity contribution in [3.63, 3.8) is 0 Å². The number of rotatable bonds is 7. The monoisotopic (exact) mass is 476 g/mol. The summed E-state index contributed by atoms with van der Waals surface area (Å²) in [5.74, 6) is -0.568. The molecule has 0 aromatic carbocycles. The Bertz CT molecular complexity index is 1080. The van der Waals surface area contributed by atoms with E-state index in [1.165, 1.54) is 4.90 Å². The molecule has 0 radical (unpaired) electrons. The first-order chi connectivity index (χ1) is 15.3. The quantitative estimate of drug-likeness (QED) is 0.466. The highest BCUT2D eigenvalue weighted by atomic mass is 32.2. The Labute approximate surface area is 195 Å². The van der Waals surface area contributed by atoms with Crippen LogP contribution in [-0.4, -0.2) is 63.6 Å². The molecule has 170 valence electrons. The zero-order chi connectivity index (χ0) is 23.4. The smallest absolute Gasteiger partial charge is 0.303 e. The van der Waals surface area contributed by atoms with Crippen molar-refractivity contribution in [1.29, 1.82) is 5.26 Å². The van der Waals surface area contributed by atoms with Crippen molar-refractivity contribution in [3.8, 4) is 6.07 Å². The topological polar surface area (TPSA) is 116 Å². The fraction of sp³-hybridized carbons (Fsp3) is 0.476. The lowest BCUT2D eigenvalue weighted by Crippen LogP contribution is -2.41. The average molecular weight is 477 g/mol. The van der Waals surface area contributed by atoms with Crippen LogP contribution in [0.15, 0.2) is 9.70 Å². The number of anilines is 1. The van der Waals surface area contributed by atoms with Gasteiger partial charge < -0.3 is 14.7 Å². The van der Waals surface area contributed by atoms with Crippen LogP contribution in [0.5, 0.6) is 0 Å². The number of carbonyl (C=O) groups is 2. The minimum absolute atomic E-state index is 0.0482. The second-order valence-corrected chi connectivity index (χ2v) is 9.00. The second-order valence-electron chi connectivity index (χ2n) is 7.33. The number of hydrogen-bond donors (Lipinski definition) is 1. The van der Waals surface area contributed by atoms with E-state index in [0.717, 1.165) is 11.8 Å².